The number of nitrogens with zero attached hydrogens (tertiary/aromatic N) is 3. The maximum Gasteiger partial charge on any atom is 0.276 e. The molecule has 1 saturated heterocycles. The normalized spacial score (nSPS) is 15.0. The van der Waals surface area contributed by atoms with Gasteiger partial charge in [0.2, 0.25) is 0 Å². The number of anilines is 1. The molecule has 0 unspecified atom stereocenters. The van der Waals surface area contributed by atoms with E-state index in [0.717, 1.165) is 18.5 Å². The van der Waals surface area contributed by atoms with Crippen molar-refractivity contribution < 1.29 is 14.1 Å². The zero-order chi connectivity index (χ0) is 18.7. The number of aromatic nitrogens is 1. The van der Waals surface area contributed by atoms with Crippen molar-refractivity contribution in [1.82, 2.24) is 15.4 Å². The van der Waals surface area contributed by atoms with Crippen molar-refractivity contribution in [2.24, 2.45) is 0 Å². The Bertz CT molecular complexity index is 774. The number of benzene rings is 1. The molecule has 1 fully saturated rings. The zero-order valence-electron chi connectivity index (χ0n) is 15.4. The van der Waals surface area contributed by atoms with Crippen LogP contribution in [-0.2, 0) is 0 Å². The molecule has 1 aromatic heterocycles. The molecule has 0 spiro atoms. The average molecular weight is 356 g/mol. The minimum atomic E-state index is -0.120. The number of hydrogen-bond acceptors (Lipinski definition) is 5. The van der Waals surface area contributed by atoms with Crippen LogP contribution in [0.2, 0.25) is 0 Å². The summed E-state index contributed by atoms with van der Waals surface area (Å²) in [5.41, 5.74) is 2.04. The summed E-state index contributed by atoms with van der Waals surface area (Å²) in [4.78, 5) is 28.5. The molecule has 2 heterocycles. The van der Waals surface area contributed by atoms with E-state index in [1.54, 1.807) is 17.9 Å². The fraction of sp³-hybridized carbons (Fsp3) is 0.421. The fourth-order valence-electron chi connectivity index (χ4n) is 3.04. The molecule has 1 N–H and O–H groups in total. The Morgan fingerprint density at radius 3 is 2.38 bits per heavy atom. The Morgan fingerprint density at radius 2 is 1.85 bits per heavy atom. The van der Waals surface area contributed by atoms with Gasteiger partial charge in [0.05, 0.1) is 0 Å². The highest BCUT2D eigenvalue weighted by atomic mass is 16.5. The predicted molar refractivity (Wildman–Crippen MR) is 98.4 cm³/mol. The van der Waals surface area contributed by atoms with E-state index < -0.39 is 0 Å². The second-order valence-corrected chi connectivity index (χ2v) is 6.80. The number of hydrogen-bond donors (Lipinski definition) is 1. The van der Waals surface area contributed by atoms with Crippen LogP contribution in [0.4, 0.5) is 5.69 Å². The fourth-order valence-corrected chi connectivity index (χ4v) is 3.04. The van der Waals surface area contributed by atoms with Gasteiger partial charge in [0.15, 0.2) is 5.69 Å². The lowest BCUT2D eigenvalue weighted by molar-refractivity contribution is 0.0688. The van der Waals surface area contributed by atoms with E-state index in [2.05, 4.69) is 10.5 Å². The third-order valence-corrected chi connectivity index (χ3v) is 4.61. The van der Waals surface area contributed by atoms with Crippen LogP contribution in [0, 0.1) is 6.92 Å². The number of nitrogens with one attached hydrogen (secondary N) is 1. The molecule has 2 aromatic rings. The summed E-state index contributed by atoms with van der Waals surface area (Å²) in [5, 5.41) is 6.84. The first kappa shape index (κ1) is 18.0. The Hall–Kier alpha value is -2.83. The minimum Gasteiger partial charge on any atom is -0.378 e. The van der Waals surface area contributed by atoms with Gasteiger partial charge in [0, 0.05) is 50.5 Å². The van der Waals surface area contributed by atoms with E-state index in [0.29, 0.717) is 30.1 Å². The molecule has 7 nitrogen and oxygen atoms in total. The number of piperidine rings is 1. The highest BCUT2D eigenvalue weighted by molar-refractivity contribution is 5.95. The standard InChI is InChI=1S/C19H24N4O3/c1-13-12-17(21-26-13)19(25)23-10-8-15(9-11-23)20-18(24)14-4-6-16(7-5-14)22(2)3/h4-7,12,15H,8-11H2,1-3H3,(H,20,24). The topological polar surface area (TPSA) is 78.7 Å². The van der Waals surface area contributed by atoms with Gasteiger partial charge in [-0.1, -0.05) is 5.16 Å². The zero-order valence-corrected chi connectivity index (χ0v) is 15.4. The van der Waals surface area contributed by atoms with Crippen molar-refractivity contribution in [2.75, 3.05) is 32.1 Å². The lowest BCUT2D eigenvalue weighted by Crippen LogP contribution is -2.46. The van der Waals surface area contributed by atoms with Crippen LogP contribution < -0.4 is 10.2 Å². The third kappa shape index (κ3) is 4.04. The number of amides is 2. The summed E-state index contributed by atoms with van der Waals surface area (Å²) in [7, 11) is 3.93. The predicted octanol–water partition coefficient (Wildman–Crippen LogP) is 2.08. The molecule has 0 saturated carbocycles. The van der Waals surface area contributed by atoms with Crippen LogP contribution in [-0.4, -0.2) is 55.1 Å². The van der Waals surface area contributed by atoms with Crippen molar-refractivity contribution in [3.63, 3.8) is 0 Å². The molecular formula is C19H24N4O3. The van der Waals surface area contributed by atoms with Gasteiger partial charge in [-0.3, -0.25) is 9.59 Å². The van der Waals surface area contributed by atoms with Gasteiger partial charge in [-0.05, 0) is 44.0 Å². The Kier molecular flexibility index (Phi) is 5.25. The van der Waals surface area contributed by atoms with Gasteiger partial charge in [-0.15, -0.1) is 0 Å². The number of likely N-dealkylation sites (tertiary alicyclic amines) is 1. The van der Waals surface area contributed by atoms with Crippen LogP contribution in [0.5, 0.6) is 0 Å². The molecule has 0 atom stereocenters. The quantitative estimate of drug-likeness (QED) is 0.907. The van der Waals surface area contributed by atoms with Gasteiger partial charge in [-0.2, -0.15) is 0 Å². The highest BCUT2D eigenvalue weighted by Gasteiger charge is 2.26. The summed E-state index contributed by atoms with van der Waals surface area (Å²) in [6.07, 6.45) is 1.45. The second-order valence-electron chi connectivity index (χ2n) is 6.80. The lowest BCUT2D eigenvalue weighted by atomic mass is 10.0. The van der Waals surface area contributed by atoms with Crippen LogP contribution in [0.25, 0.3) is 0 Å². The number of carbonyl (C=O) groups is 2. The molecule has 1 aliphatic rings. The van der Waals surface area contributed by atoms with Gasteiger partial charge >= 0.3 is 0 Å². The second kappa shape index (κ2) is 7.59. The molecule has 2 amide bonds. The maximum atomic E-state index is 12.4. The van der Waals surface area contributed by atoms with E-state index in [1.807, 2.05) is 43.3 Å². The molecule has 0 aliphatic carbocycles. The molecule has 3 rings (SSSR count). The van der Waals surface area contributed by atoms with Gasteiger partial charge in [0.25, 0.3) is 11.8 Å². The summed E-state index contributed by atoms with van der Waals surface area (Å²) in [6, 6.07) is 9.23. The molecule has 138 valence electrons. The molecule has 7 heteroatoms. The number of rotatable bonds is 4. The summed E-state index contributed by atoms with van der Waals surface area (Å²) in [5.74, 6) is 0.425. The first-order valence-electron chi connectivity index (χ1n) is 8.75. The van der Waals surface area contributed by atoms with Crippen molar-refractivity contribution in [3.05, 3.63) is 47.3 Å². The molecular weight excluding hydrogens is 332 g/mol. The van der Waals surface area contributed by atoms with E-state index in [4.69, 9.17) is 4.52 Å². The molecule has 26 heavy (non-hydrogen) atoms. The first-order valence-corrected chi connectivity index (χ1v) is 8.75. The van der Waals surface area contributed by atoms with Gasteiger partial charge in [0.1, 0.15) is 5.76 Å². The Morgan fingerprint density at radius 1 is 1.19 bits per heavy atom. The first-order chi connectivity index (χ1) is 12.4. The molecule has 1 aliphatic heterocycles. The van der Waals surface area contributed by atoms with E-state index in [-0.39, 0.29) is 17.9 Å². The van der Waals surface area contributed by atoms with Gasteiger partial charge in [-0.25, -0.2) is 0 Å². The Balaban J connectivity index is 1.52. The summed E-state index contributed by atoms with van der Waals surface area (Å²) >= 11 is 0. The average Bonchev–Trinajstić information content (AvgIpc) is 3.08. The summed E-state index contributed by atoms with van der Waals surface area (Å²) in [6.45, 7) is 2.95. The van der Waals surface area contributed by atoms with E-state index >= 15 is 0 Å². The van der Waals surface area contributed by atoms with E-state index in [9.17, 15) is 9.59 Å². The van der Waals surface area contributed by atoms with Crippen LogP contribution >= 0.6 is 0 Å². The number of carbonyl (C=O) groups excluding carboxylic acids is 2. The summed E-state index contributed by atoms with van der Waals surface area (Å²) < 4.78 is 4.96. The van der Waals surface area contributed by atoms with Crippen LogP contribution in [0.3, 0.4) is 0 Å². The van der Waals surface area contributed by atoms with Crippen molar-refractivity contribution >= 4 is 17.5 Å². The van der Waals surface area contributed by atoms with Crippen molar-refractivity contribution in [3.8, 4) is 0 Å². The van der Waals surface area contributed by atoms with Crippen LogP contribution in [0.1, 0.15) is 39.4 Å². The lowest BCUT2D eigenvalue weighted by Gasteiger charge is -2.31. The molecule has 0 radical (unpaired) electrons. The Labute approximate surface area is 152 Å². The smallest absolute Gasteiger partial charge is 0.276 e. The third-order valence-electron chi connectivity index (χ3n) is 4.61. The molecule has 0 bridgehead atoms. The number of aryl methyl sites for hydroxylation is 1. The van der Waals surface area contributed by atoms with Crippen LogP contribution in [0.15, 0.2) is 34.9 Å². The van der Waals surface area contributed by atoms with E-state index in [1.165, 1.54) is 0 Å². The molecule has 1 aromatic carbocycles. The highest BCUT2D eigenvalue weighted by Crippen LogP contribution is 2.16. The minimum absolute atomic E-state index is 0.0686. The SMILES string of the molecule is Cc1cc(C(=O)N2CCC(NC(=O)c3ccc(N(C)C)cc3)CC2)no1. The van der Waals surface area contributed by atoms with Gasteiger partial charge < -0.3 is 19.6 Å². The van der Waals surface area contributed by atoms with Crippen molar-refractivity contribution in [2.45, 2.75) is 25.8 Å². The largest absolute Gasteiger partial charge is 0.378 e. The van der Waals surface area contributed by atoms with Crippen molar-refractivity contribution in [1.29, 1.82) is 0 Å². The maximum absolute atomic E-state index is 12.4. The monoisotopic (exact) mass is 356 g/mol.